The number of nitrogens with one attached hydrogen (secondary N) is 1. The van der Waals surface area contributed by atoms with Crippen molar-refractivity contribution in [3.8, 4) is 0 Å². The van der Waals surface area contributed by atoms with E-state index in [1.165, 1.54) is 37.2 Å². The van der Waals surface area contributed by atoms with Crippen LogP contribution in [0.4, 0.5) is 5.82 Å². The molecule has 0 bridgehead atoms. The van der Waals surface area contributed by atoms with Gasteiger partial charge in [0.05, 0.1) is 0 Å². The van der Waals surface area contributed by atoms with Crippen molar-refractivity contribution in [2.45, 2.75) is 46.1 Å². The molecule has 106 valence electrons. The minimum absolute atomic E-state index is 0.379. The highest BCUT2D eigenvalue weighted by molar-refractivity contribution is 5.49. The van der Waals surface area contributed by atoms with E-state index in [9.17, 15) is 0 Å². The van der Waals surface area contributed by atoms with E-state index >= 15 is 0 Å². The van der Waals surface area contributed by atoms with Crippen molar-refractivity contribution in [2.24, 2.45) is 5.92 Å². The lowest BCUT2D eigenvalue weighted by Crippen LogP contribution is -2.26. The maximum atomic E-state index is 4.64. The molecular formula is C16H27N3. The molecule has 1 saturated heterocycles. The third-order valence-electron chi connectivity index (χ3n) is 4.15. The average Bonchev–Trinajstić information content (AvgIpc) is 2.93. The predicted molar refractivity (Wildman–Crippen MR) is 81.6 cm³/mol. The summed E-state index contributed by atoms with van der Waals surface area (Å²) in [5.74, 6) is 2.03. The zero-order chi connectivity index (χ0) is 13.7. The Kier molecular flexibility index (Phi) is 5.20. The molecule has 0 radical (unpaired) electrons. The number of hydrogen-bond donors (Lipinski definition) is 1. The molecule has 3 heteroatoms. The third kappa shape index (κ3) is 3.47. The first-order valence-corrected chi connectivity index (χ1v) is 7.69. The van der Waals surface area contributed by atoms with Gasteiger partial charge in [0, 0.05) is 30.9 Å². The molecule has 2 rings (SSSR count). The van der Waals surface area contributed by atoms with Crippen LogP contribution in [0.3, 0.4) is 0 Å². The quantitative estimate of drug-likeness (QED) is 0.851. The summed E-state index contributed by atoms with van der Waals surface area (Å²) in [5.41, 5.74) is 1.34. The summed E-state index contributed by atoms with van der Waals surface area (Å²) in [6, 6.07) is 4.65. The molecule has 0 spiro atoms. The van der Waals surface area contributed by atoms with Crippen LogP contribution in [0.2, 0.25) is 0 Å². The molecule has 19 heavy (non-hydrogen) atoms. The predicted octanol–water partition coefficient (Wildman–Crippen LogP) is 3.38. The molecular weight excluding hydrogens is 234 g/mol. The van der Waals surface area contributed by atoms with Gasteiger partial charge in [-0.25, -0.2) is 4.98 Å². The molecule has 1 aromatic rings. The average molecular weight is 261 g/mol. The van der Waals surface area contributed by atoms with Gasteiger partial charge in [-0.1, -0.05) is 26.3 Å². The van der Waals surface area contributed by atoms with Crippen molar-refractivity contribution >= 4 is 5.82 Å². The minimum Gasteiger partial charge on any atom is -0.356 e. The minimum atomic E-state index is 0.379. The molecule has 1 fully saturated rings. The zero-order valence-corrected chi connectivity index (χ0v) is 12.5. The van der Waals surface area contributed by atoms with Gasteiger partial charge in [-0.05, 0) is 38.3 Å². The molecule has 3 nitrogen and oxygen atoms in total. The van der Waals surface area contributed by atoms with Crippen LogP contribution < -0.4 is 10.2 Å². The third-order valence-corrected chi connectivity index (χ3v) is 4.15. The van der Waals surface area contributed by atoms with Crippen LogP contribution in [-0.4, -0.2) is 24.6 Å². The molecule has 0 aliphatic carbocycles. The summed E-state index contributed by atoms with van der Waals surface area (Å²) in [7, 11) is 0. The van der Waals surface area contributed by atoms with Crippen LogP contribution in [0.25, 0.3) is 0 Å². The van der Waals surface area contributed by atoms with E-state index in [0.29, 0.717) is 6.04 Å². The molecule has 1 aliphatic heterocycles. The van der Waals surface area contributed by atoms with Gasteiger partial charge in [0.25, 0.3) is 0 Å². The number of rotatable bonds is 6. The maximum absolute atomic E-state index is 4.64. The second-order valence-corrected chi connectivity index (χ2v) is 5.60. The van der Waals surface area contributed by atoms with E-state index in [0.717, 1.165) is 19.0 Å². The molecule has 1 aromatic heterocycles. The standard InChI is InChI=1S/C16H27N3/c1-4-9-17-13(3)15-7-6-10-18-16(15)19-11-8-14(5-2)12-19/h6-7,10,13-14,17H,4-5,8-9,11-12H2,1-3H3. The topological polar surface area (TPSA) is 28.2 Å². The normalized spacial score (nSPS) is 20.8. The fourth-order valence-corrected chi connectivity index (χ4v) is 2.84. The van der Waals surface area contributed by atoms with Crippen molar-refractivity contribution in [1.29, 1.82) is 0 Å². The monoisotopic (exact) mass is 261 g/mol. The van der Waals surface area contributed by atoms with Gasteiger partial charge >= 0.3 is 0 Å². The second-order valence-electron chi connectivity index (χ2n) is 5.60. The summed E-state index contributed by atoms with van der Waals surface area (Å²) in [6.07, 6.45) is 5.68. The zero-order valence-electron chi connectivity index (χ0n) is 12.5. The highest BCUT2D eigenvalue weighted by Crippen LogP contribution is 2.29. The van der Waals surface area contributed by atoms with Crippen molar-refractivity contribution < 1.29 is 0 Å². The van der Waals surface area contributed by atoms with E-state index in [-0.39, 0.29) is 0 Å². The van der Waals surface area contributed by atoms with Crippen LogP contribution in [0.5, 0.6) is 0 Å². The Morgan fingerprint density at radius 2 is 2.32 bits per heavy atom. The van der Waals surface area contributed by atoms with Crippen LogP contribution in [-0.2, 0) is 0 Å². The summed E-state index contributed by atoms with van der Waals surface area (Å²) >= 11 is 0. The Morgan fingerprint density at radius 3 is 3.00 bits per heavy atom. The first kappa shape index (κ1) is 14.3. The van der Waals surface area contributed by atoms with Gasteiger partial charge in [-0.3, -0.25) is 0 Å². The molecule has 0 saturated carbocycles. The molecule has 0 amide bonds. The fourth-order valence-electron chi connectivity index (χ4n) is 2.84. The van der Waals surface area contributed by atoms with E-state index < -0.39 is 0 Å². The van der Waals surface area contributed by atoms with Crippen molar-refractivity contribution in [3.63, 3.8) is 0 Å². The van der Waals surface area contributed by atoms with Crippen LogP contribution >= 0.6 is 0 Å². The van der Waals surface area contributed by atoms with Crippen LogP contribution in [0.15, 0.2) is 18.3 Å². The first-order valence-electron chi connectivity index (χ1n) is 7.69. The SMILES string of the molecule is CCCNC(C)c1cccnc1N1CCC(CC)C1. The lowest BCUT2D eigenvalue weighted by atomic mass is 10.1. The van der Waals surface area contributed by atoms with Gasteiger partial charge in [0.15, 0.2) is 0 Å². The Labute approximate surface area is 117 Å². The van der Waals surface area contributed by atoms with Crippen molar-refractivity contribution in [3.05, 3.63) is 23.9 Å². The number of aromatic nitrogens is 1. The van der Waals surface area contributed by atoms with E-state index in [2.05, 4.69) is 48.1 Å². The number of pyridine rings is 1. The highest BCUT2D eigenvalue weighted by atomic mass is 15.2. The Morgan fingerprint density at radius 1 is 1.47 bits per heavy atom. The van der Waals surface area contributed by atoms with Gasteiger partial charge < -0.3 is 10.2 Å². The molecule has 0 aromatic carbocycles. The second kappa shape index (κ2) is 6.90. The fraction of sp³-hybridized carbons (Fsp3) is 0.688. The number of nitrogens with zero attached hydrogens (tertiary/aromatic N) is 2. The lowest BCUT2D eigenvalue weighted by molar-refractivity contribution is 0.562. The summed E-state index contributed by atoms with van der Waals surface area (Å²) in [6.45, 7) is 10.1. The number of anilines is 1. The Bertz CT molecular complexity index is 391. The Balaban J connectivity index is 2.12. The summed E-state index contributed by atoms with van der Waals surface area (Å²) in [4.78, 5) is 7.11. The van der Waals surface area contributed by atoms with E-state index in [1.54, 1.807) is 0 Å². The van der Waals surface area contributed by atoms with Gasteiger partial charge in [-0.2, -0.15) is 0 Å². The molecule has 2 heterocycles. The number of hydrogen-bond acceptors (Lipinski definition) is 3. The first-order chi connectivity index (χ1) is 9.26. The molecule has 1 aliphatic rings. The van der Waals surface area contributed by atoms with Crippen molar-refractivity contribution in [1.82, 2.24) is 10.3 Å². The Hall–Kier alpha value is -1.09. The van der Waals surface area contributed by atoms with Crippen LogP contribution in [0.1, 0.15) is 51.6 Å². The maximum Gasteiger partial charge on any atom is 0.133 e. The molecule has 2 atom stereocenters. The largest absolute Gasteiger partial charge is 0.356 e. The summed E-state index contributed by atoms with van der Waals surface area (Å²) in [5, 5.41) is 3.57. The van der Waals surface area contributed by atoms with Crippen molar-refractivity contribution in [2.75, 3.05) is 24.5 Å². The smallest absolute Gasteiger partial charge is 0.133 e. The van der Waals surface area contributed by atoms with Crippen LogP contribution in [0, 0.1) is 5.92 Å². The molecule has 1 N–H and O–H groups in total. The van der Waals surface area contributed by atoms with Gasteiger partial charge in [0.2, 0.25) is 0 Å². The lowest BCUT2D eigenvalue weighted by Gasteiger charge is -2.24. The molecule has 2 unspecified atom stereocenters. The highest BCUT2D eigenvalue weighted by Gasteiger charge is 2.24. The summed E-state index contributed by atoms with van der Waals surface area (Å²) < 4.78 is 0. The van der Waals surface area contributed by atoms with Gasteiger partial charge in [0.1, 0.15) is 5.82 Å². The van der Waals surface area contributed by atoms with E-state index in [1.807, 2.05) is 6.20 Å². The van der Waals surface area contributed by atoms with Gasteiger partial charge in [-0.15, -0.1) is 0 Å². The van der Waals surface area contributed by atoms with E-state index in [4.69, 9.17) is 0 Å².